The topological polar surface area (TPSA) is 156 Å². The monoisotopic (exact) mass is 587 g/mol. The predicted octanol–water partition coefficient (Wildman–Crippen LogP) is 2.87. The van der Waals surface area contributed by atoms with Gasteiger partial charge in [0.1, 0.15) is 23.7 Å². The van der Waals surface area contributed by atoms with Crippen molar-refractivity contribution >= 4 is 40.4 Å². The quantitative estimate of drug-likeness (QED) is 0.343. The van der Waals surface area contributed by atoms with E-state index in [2.05, 4.69) is 35.6 Å². The Bertz CT molecular complexity index is 1500. The molecule has 2 fully saturated rings. The summed E-state index contributed by atoms with van der Waals surface area (Å²) in [4.78, 5) is 65.7. The number of benzene rings is 1. The van der Waals surface area contributed by atoms with Crippen LogP contribution in [0.4, 0.5) is 10.6 Å². The maximum Gasteiger partial charge on any atom is 0.407 e. The molecule has 3 aromatic rings. The molecule has 226 valence electrons. The zero-order chi connectivity index (χ0) is 30.5. The molecule has 12 heteroatoms. The number of ketones is 1. The highest BCUT2D eigenvalue weighted by molar-refractivity contribution is 5.99. The molecule has 4 heterocycles. The van der Waals surface area contributed by atoms with Crippen LogP contribution in [0.2, 0.25) is 0 Å². The SMILES string of the molecule is COC(=O)N[C@H](C(=O)N1CCC[C@H]1C(=O)Nc1ccc2cc(-c3cnc(CC(=O)[C@@H]4CCCN4)nc3)ccc2n1)C(C)C. The number of likely N-dealkylation sites (tertiary alicyclic amines) is 1. The van der Waals surface area contributed by atoms with Gasteiger partial charge in [-0.15, -0.1) is 0 Å². The molecule has 0 aliphatic carbocycles. The Hall–Kier alpha value is -4.45. The molecule has 3 N–H and O–H groups in total. The smallest absolute Gasteiger partial charge is 0.407 e. The average Bonchev–Trinajstić information content (AvgIpc) is 3.73. The number of pyridine rings is 1. The van der Waals surface area contributed by atoms with E-state index in [0.717, 1.165) is 35.9 Å². The number of methoxy groups -OCH3 is 1. The Morgan fingerprint density at radius 3 is 2.53 bits per heavy atom. The summed E-state index contributed by atoms with van der Waals surface area (Å²) in [6.45, 7) is 4.95. The van der Waals surface area contributed by atoms with E-state index in [4.69, 9.17) is 0 Å². The van der Waals surface area contributed by atoms with Crippen LogP contribution in [0.25, 0.3) is 22.0 Å². The lowest BCUT2D eigenvalue weighted by atomic mass is 10.0. The number of fused-ring (bicyclic) bond motifs is 1. The summed E-state index contributed by atoms with van der Waals surface area (Å²) in [6, 6.07) is 7.77. The molecule has 0 bridgehead atoms. The minimum absolute atomic E-state index is 0.0990. The molecule has 12 nitrogen and oxygen atoms in total. The van der Waals surface area contributed by atoms with Crippen molar-refractivity contribution < 1.29 is 23.9 Å². The van der Waals surface area contributed by atoms with Crippen molar-refractivity contribution in [1.82, 2.24) is 30.5 Å². The van der Waals surface area contributed by atoms with Crippen LogP contribution in [0.15, 0.2) is 42.7 Å². The summed E-state index contributed by atoms with van der Waals surface area (Å²) in [5, 5.41) is 9.53. The number of amides is 3. The van der Waals surface area contributed by atoms with Gasteiger partial charge in [0, 0.05) is 29.9 Å². The molecule has 0 saturated carbocycles. The summed E-state index contributed by atoms with van der Waals surface area (Å²) in [5.74, 6) is 0.183. The third kappa shape index (κ3) is 6.96. The van der Waals surface area contributed by atoms with Crippen LogP contribution < -0.4 is 16.0 Å². The lowest BCUT2D eigenvalue weighted by Gasteiger charge is -2.30. The number of hydrogen-bond acceptors (Lipinski definition) is 9. The second-order valence-corrected chi connectivity index (χ2v) is 11.3. The van der Waals surface area contributed by atoms with Crippen LogP contribution in [0.3, 0.4) is 0 Å². The van der Waals surface area contributed by atoms with Gasteiger partial charge in [-0.25, -0.2) is 19.7 Å². The number of Topliss-reactive ketones (excluding diaryl/α,β-unsaturated/α-hetero) is 1. The van der Waals surface area contributed by atoms with Gasteiger partial charge in [-0.3, -0.25) is 14.4 Å². The van der Waals surface area contributed by atoms with E-state index < -0.39 is 18.2 Å². The molecule has 3 atom stereocenters. The van der Waals surface area contributed by atoms with Crippen molar-refractivity contribution in [2.75, 3.05) is 25.5 Å². The molecule has 0 spiro atoms. The van der Waals surface area contributed by atoms with Crippen LogP contribution in [0, 0.1) is 5.92 Å². The fraction of sp³-hybridized carbons (Fsp3) is 0.452. The number of nitrogens with zero attached hydrogens (tertiary/aromatic N) is 4. The first-order valence-electron chi connectivity index (χ1n) is 14.7. The Kier molecular flexibility index (Phi) is 9.24. The highest BCUT2D eigenvalue weighted by Crippen LogP contribution is 2.25. The fourth-order valence-corrected chi connectivity index (χ4v) is 5.60. The molecular formula is C31H37N7O5. The number of carbonyl (C=O) groups is 4. The minimum atomic E-state index is -0.799. The summed E-state index contributed by atoms with van der Waals surface area (Å²) in [7, 11) is 1.24. The van der Waals surface area contributed by atoms with Crippen molar-refractivity contribution in [3.8, 4) is 11.1 Å². The van der Waals surface area contributed by atoms with Crippen molar-refractivity contribution in [3.63, 3.8) is 0 Å². The van der Waals surface area contributed by atoms with Gasteiger partial charge in [-0.1, -0.05) is 19.9 Å². The van der Waals surface area contributed by atoms with Gasteiger partial charge in [0.25, 0.3) is 0 Å². The third-order valence-corrected chi connectivity index (χ3v) is 7.99. The fourth-order valence-electron chi connectivity index (χ4n) is 5.60. The van der Waals surface area contributed by atoms with Gasteiger partial charge in [0.05, 0.1) is 25.1 Å². The zero-order valence-electron chi connectivity index (χ0n) is 24.6. The second-order valence-electron chi connectivity index (χ2n) is 11.3. The minimum Gasteiger partial charge on any atom is -0.453 e. The number of ether oxygens (including phenoxy) is 1. The molecular weight excluding hydrogens is 550 g/mol. The molecule has 2 aliphatic rings. The molecule has 2 saturated heterocycles. The van der Waals surface area contributed by atoms with Crippen molar-refractivity contribution in [1.29, 1.82) is 0 Å². The van der Waals surface area contributed by atoms with Crippen molar-refractivity contribution in [3.05, 3.63) is 48.5 Å². The highest BCUT2D eigenvalue weighted by atomic mass is 16.5. The van der Waals surface area contributed by atoms with Crippen molar-refractivity contribution in [2.24, 2.45) is 5.92 Å². The van der Waals surface area contributed by atoms with E-state index in [1.807, 2.05) is 38.1 Å². The van der Waals surface area contributed by atoms with Crippen LogP contribution in [-0.2, 0) is 25.5 Å². The average molecular weight is 588 g/mol. The molecule has 1 aromatic carbocycles. The number of hydrogen-bond donors (Lipinski definition) is 3. The van der Waals surface area contributed by atoms with Crippen LogP contribution in [0.1, 0.15) is 45.4 Å². The highest BCUT2D eigenvalue weighted by Gasteiger charge is 2.39. The number of anilines is 1. The number of rotatable bonds is 9. The van der Waals surface area contributed by atoms with E-state index in [0.29, 0.717) is 36.5 Å². The predicted molar refractivity (Wildman–Crippen MR) is 160 cm³/mol. The molecule has 0 unspecified atom stereocenters. The number of aromatic nitrogens is 3. The molecule has 2 aliphatic heterocycles. The Labute approximate surface area is 250 Å². The summed E-state index contributed by atoms with van der Waals surface area (Å²) >= 11 is 0. The first-order valence-corrected chi connectivity index (χ1v) is 14.7. The molecule has 2 aromatic heterocycles. The van der Waals surface area contributed by atoms with E-state index in [1.54, 1.807) is 18.5 Å². The summed E-state index contributed by atoms with van der Waals surface area (Å²) < 4.78 is 4.67. The lowest BCUT2D eigenvalue weighted by molar-refractivity contribution is -0.139. The second kappa shape index (κ2) is 13.2. The van der Waals surface area contributed by atoms with E-state index in [9.17, 15) is 19.2 Å². The van der Waals surface area contributed by atoms with Crippen molar-refractivity contribution in [2.45, 2.75) is 64.1 Å². The molecule has 0 radical (unpaired) electrons. The van der Waals surface area contributed by atoms with Crippen LogP contribution >= 0.6 is 0 Å². The van der Waals surface area contributed by atoms with Gasteiger partial charge < -0.3 is 25.6 Å². The Morgan fingerprint density at radius 2 is 1.84 bits per heavy atom. The molecule has 43 heavy (non-hydrogen) atoms. The lowest BCUT2D eigenvalue weighted by Crippen LogP contribution is -2.54. The van der Waals surface area contributed by atoms with Gasteiger partial charge >= 0.3 is 6.09 Å². The first-order chi connectivity index (χ1) is 20.7. The summed E-state index contributed by atoms with van der Waals surface area (Å²) in [5.41, 5.74) is 2.42. The van der Waals surface area contributed by atoms with E-state index >= 15 is 0 Å². The van der Waals surface area contributed by atoms with Gasteiger partial charge in [-0.2, -0.15) is 0 Å². The van der Waals surface area contributed by atoms with Crippen LogP contribution in [-0.4, -0.2) is 81.9 Å². The maximum atomic E-state index is 13.3. The van der Waals surface area contributed by atoms with Crippen LogP contribution in [0.5, 0.6) is 0 Å². The van der Waals surface area contributed by atoms with E-state index in [-0.39, 0.29) is 36.0 Å². The van der Waals surface area contributed by atoms with Gasteiger partial charge in [0.2, 0.25) is 11.8 Å². The molecule has 5 rings (SSSR count). The normalized spacial score (nSPS) is 18.9. The van der Waals surface area contributed by atoms with Gasteiger partial charge in [-0.05, 0) is 68.0 Å². The Balaban J connectivity index is 1.24. The Morgan fingerprint density at radius 1 is 1.05 bits per heavy atom. The summed E-state index contributed by atoms with van der Waals surface area (Å²) in [6.07, 6.45) is 6.04. The zero-order valence-corrected chi connectivity index (χ0v) is 24.6. The molecule has 3 amide bonds. The van der Waals surface area contributed by atoms with Gasteiger partial charge in [0.15, 0.2) is 5.78 Å². The number of alkyl carbamates (subject to hydrolysis) is 1. The third-order valence-electron chi connectivity index (χ3n) is 7.99. The standard InChI is InChI=1S/C31H37N7O5/c1-18(2)28(37-31(42)43-3)30(41)38-13-5-7-24(38)29(40)36-26-11-9-20-14-19(8-10-22(20)35-26)21-16-33-27(34-17-21)15-25(39)23-6-4-12-32-23/h8-11,14,16-18,23-24,28,32H,4-7,12-13,15H2,1-3H3,(H,37,42)(H,35,36,40)/t23-,24-,28-/m0/s1. The number of carbonyl (C=O) groups excluding carboxylic acids is 4. The van der Waals surface area contributed by atoms with E-state index in [1.165, 1.54) is 12.0 Å². The first kappa shape index (κ1) is 30.0. The largest absolute Gasteiger partial charge is 0.453 e. The number of nitrogens with one attached hydrogen (secondary N) is 3. The maximum absolute atomic E-state index is 13.3.